The molecule has 0 aliphatic heterocycles. The summed E-state index contributed by atoms with van der Waals surface area (Å²) in [4.78, 5) is 23.6. The van der Waals surface area contributed by atoms with Gasteiger partial charge in [0, 0.05) is 19.3 Å². The maximum Gasteiger partial charge on any atom is 0.163 e. The van der Waals surface area contributed by atoms with Gasteiger partial charge in [0.15, 0.2) is 11.6 Å². The number of nitrogens with zero attached hydrogens (tertiary/aromatic N) is 7. The molecule has 0 saturated heterocycles. The number of imidazole rings is 1. The number of anilines is 3. The van der Waals surface area contributed by atoms with E-state index in [1.54, 1.807) is 12.4 Å². The molecule has 0 bridgehead atoms. The topological polar surface area (TPSA) is 113 Å². The fourth-order valence-corrected chi connectivity index (χ4v) is 4.01. The van der Waals surface area contributed by atoms with Crippen LogP contribution in [-0.2, 0) is 0 Å². The number of carbonyl (C=O) groups excluding carboxylic acids is 1. The van der Waals surface area contributed by atoms with Crippen LogP contribution in [0, 0.1) is 23.7 Å². The number of hydrogen-bond donors (Lipinski definition) is 1. The van der Waals surface area contributed by atoms with E-state index in [-0.39, 0.29) is 11.2 Å². The van der Waals surface area contributed by atoms with Crippen molar-refractivity contribution in [3.8, 4) is 11.9 Å². The average Bonchev–Trinajstić information content (AvgIpc) is 3.48. The first-order valence-electron chi connectivity index (χ1n) is 11.1. The molecule has 1 fully saturated rings. The van der Waals surface area contributed by atoms with E-state index < -0.39 is 0 Å². The van der Waals surface area contributed by atoms with Gasteiger partial charge in [-0.2, -0.15) is 10.4 Å². The fourth-order valence-electron chi connectivity index (χ4n) is 4.01. The number of ketones is 1. The Balaban J connectivity index is 1.47. The number of pyridine rings is 1. The molecule has 4 aromatic rings. The van der Waals surface area contributed by atoms with Crippen LogP contribution in [0.3, 0.4) is 0 Å². The van der Waals surface area contributed by atoms with Crippen LogP contribution >= 0.6 is 0 Å². The van der Waals surface area contributed by atoms with Crippen LogP contribution in [0.1, 0.15) is 35.8 Å². The third-order valence-corrected chi connectivity index (χ3v) is 6.10. The molecule has 0 atom stereocenters. The highest BCUT2D eigenvalue weighted by Crippen LogP contribution is 2.46. The molecule has 0 radical (unpaired) electrons. The van der Waals surface area contributed by atoms with Gasteiger partial charge in [-0.15, -0.1) is 5.10 Å². The Morgan fingerprint density at radius 3 is 2.71 bits per heavy atom. The van der Waals surface area contributed by atoms with Gasteiger partial charge in [0.1, 0.15) is 18.0 Å². The molecule has 3 heterocycles. The molecule has 9 nitrogen and oxygen atoms in total. The fraction of sp³-hybridized carbons (Fsp3) is 0.280. The van der Waals surface area contributed by atoms with Crippen molar-refractivity contribution in [2.24, 2.45) is 5.41 Å². The lowest BCUT2D eigenvalue weighted by molar-refractivity contribution is 0.101. The summed E-state index contributed by atoms with van der Waals surface area (Å²) < 4.78 is 1.89. The number of benzene rings is 1. The van der Waals surface area contributed by atoms with Gasteiger partial charge in [0.2, 0.25) is 0 Å². The summed E-state index contributed by atoms with van der Waals surface area (Å²) in [6, 6.07) is 15.6. The van der Waals surface area contributed by atoms with Crippen LogP contribution in [0.2, 0.25) is 0 Å². The summed E-state index contributed by atoms with van der Waals surface area (Å²) in [5, 5.41) is 20.9. The highest BCUT2D eigenvalue weighted by Gasteiger charge is 2.44. The molecule has 1 aliphatic carbocycles. The van der Waals surface area contributed by atoms with Crippen molar-refractivity contribution < 1.29 is 4.79 Å². The second-order valence-electron chi connectivity index (χ2n) is 8.85. The summed E-state index contributed by atoms with van der Waals surface area (Å²) in [6.07, 6.45) is 3.47. The van der Waals surface area contributed by atoms with Gasteiger partial charge in [-0.05, 0) is 69.2 Å². The highest BCUT2D eigenvalue weighted by molar-refractivity contribution is 5.99. The van der Waals surface area contributed by atoms with E-state index >= 15 is 0 Å². The van der Waals surface area contributed by atoms with Crippen molar-refractivity contribution in [3.63, 3.8) is 0 Å². The maximum absolute atomic E-state index is 12.3. The number of carbonyl (C=O) groups is 1. The first kappa shape index (κ1) is 21.5. The number of fused-ring (bicyclic) bond motifs is 1. The molecule has 1 N–H and O–H groups in total. The lowest BCUT2D eigenvalue weighted by Gasteiger charge is -2.23. The smallest absolute Gasteiger partial charge is 0.163 e. The van der Waals surface area contributed by atoms with Gasteiger partial charge in [-0.3, -0.25) is 9.36 Å². The van der Waals surface area contributed by atoms with Crippen molar-refractivity contribution in [2.75, 3.05) is 23.8 Å². The molecule has 1 aromatic carbocycles. The Morgan fingerprint density at radius 1 is 1.21 bits per heavy atom. The van der Waals surface area contributed by atoms with E-state index in [1.807, 2.05) is 59.8 Å². The molecule has 9 heteroatoms. The molecule has 5 rings (SSSR count). The standard InChI is InChI=1S/C25H24N8O/c1-16-4-8-22(31-30-16)28-18-5-7-21-20(12-18)27-15-33(21)23-9-6-19(17(2)34)24(29-23)32(3)14-25(13-26)10-11-25/h4-9,12,15H,10-11,14H2,1-3H3,(H,28,31). The van der Waals surface area contributed by atoms with E-state index in [4.69, 9.17) is 4.98 Å². The summed E-state index contributed by atoms with van der Waals surface area (Å²) in [5.74, 6) is 1.82. The number of hydrogen-bond acceptors (Lipinski definition) is 8. The van der Waals surface area contributed by atoms with Crippen LogP contribution < -0.4 is 10.2 Å². The number of nitrogens with one attached hydrogen (secondary N) is 1. The van der Waals surface area contributed by atoms with Gasteiger partial charge >= 0.3 is 0 Å². The van der Waals surface area contributed by atoms with Gasteiger partial charge in [-0.25, -0.2) is 9.97 Å². The van der Waals surface area contributed by atoms with Crippen LogP contribution in [0.5, 0.6) is 0 Å². The molecular weight excluding hydrogens is 428 g/mol. The Labute approximate surface area is 197 Å². The van der Waals surface area contributed by atoms with Crippen LogP contribution in [0.4, 0.5) is 17.3 Å². The van der Waals surface area contributed by atoms with Gasteiger partial charge in [0.25, 0.3) is 0 Å². The predicted molar refractivity (Wildman–Crippen MR) is 129 cm³/mol. The highest BCUT2D eigenvalue weighted by atomic mass is 16.1. The molecule has 170 valence electrons. The predicted octanol–water partition coefficient (Wildman–Crippen LogP) is 4.21. The first-order valence-corrected chi connectivity index (χ1v) is 11.1. The average molecular weight is 453 g/mol. The number of aromatic nitrogens is 5. The van der Waals surface area contributed by atoms with Gasteiger partial charge < -0.3 is 10.2 Å². The van der Waals surface area contributed by atoms with Crippen molar-refractivity contribution in [1.29, 1.82) is 5.26 Å². The Hall–Kier alpha value is -4.32. The number of rotatable bonds is 7. The molecule has 1 saturated carbocycles. The minimum Gasteiger partial charge on any atom is -0.357 e. The summed E-state index contributed by atoms with van der Waals surface area (Å²) in [5.41, 5.74) is 3.57. The SMILES string of the molecule is CC(=O)c1ccc(-n2cnc3cc(Nc4ccc(C)nn4)ccc32)nc1N(C)CC1(C#N)CC1. The Kier molecular flexibility index (Phi) is 5.21. The van der Waals surface area contributed by atoms with Crippen molar-refractivity contribution in [3.05, 3.63) is 60.0 Å². The zero-order valence-corrected chi connectivity index (χ0v) is 19.3. The van der Waals surface area contributed by atoms with E-state index in [2.05, 4.69) is 26.6 Å². The normalized spacial score (nSPS) is 13.9. The van der Waals surface area contributed by atoms with Crippen LogP contribution in [0.15, 0.2) is 48.8 Å². The second kappa shape index (κ2) is 8.23. The summed E-state index contributed by atoms with van der Waals surface area (Å²) >= 11 is 0. The Bertz CT molecular complexity index is 1430. The van der Waals surface area contributed by atoms with E-state index in [0.29, 0.717) is 29.6 Å². The van der Waals surface area contributed by atoms with E-state index in [9.17, 15) is 10.1 Å². The van der Waals surface area contributed by atoms with Crippen LogP contribution in [-0.4, -0.2) is 44.1 Å². The molecule has 34 heavy (non-hydrogen) atoms. The molecular formula is C25H24N8O. The molecule has 0 unspecified atom stereocenters. The first-order chi connectivity index (χ1) is 16.4. The number of nitriles is 1. The number of aryl methyl sites for hydroxylation is 1. The third kappa shape index (κ3) is 4.06. The van der Waals surface area contributed by atoms with Crippen molar-refractivity contribution in [1.82, 2.24) is 24.7 Å². The van der Waals surface area contributed by atoms with E-state index in [0.717, 1.165) is 35.3 Å². The zero-order chi connectivity index (χ0) is 23.9. The van der Waals surface area contributed by atoms with Gasteiger partial charge in [0.05, 0.1) is 33.8 Å². The lowest BCUT2D eigenvalue weighted by Crippen LogP contribution is -2.28. The van der Waals surface area contributed by atoms with Crippen LogP contribution in [0.25, 0.3) is 16.9 Å². The minimum atomic E-state index is -0.340. The second-order valence-corrected chi connectivity index (χ2v) is 8.85. The van der Waals surface area contributed by atoms with Crippen molar-refractivity contribution in [2.45, 2.75) is 26.7 Å². The van der Waals surface area contributed by atoms with E-state index in [1.165, 1.54) is 6.92 Å². The zero-order valence-electron chi connectivity index (χ0n) is 19.3. The quantitative estimate of drug-likeness (QED) is 0.415. The Morgan fingerprint density at radius 2 is 2.03 bits per heavy atom. The molecule has 3 aromatic heterocycles. The minimum absolute atomic E-state index is 0.0619. The maximum atomic E-state index is 12.3. The summed E-state index contributed by atoms with van der Waals surface area (Å²) in [6.45, 7) is 3.97. The molecule has 0 spiro atoms. The van der Waals surface area contributed by atoms with Crippen molar-refractivity contribution >= 4 is 34.1 Å². The molecule has 0 amide bonds. The largest absolute Gasteiger partial charge is 0.357 e. The lowest BCUT2D eigenvalue weighted by atomic mass is 10.1. The monoisotopic (exact) mass is 452 g/mol. The molecule has 1 aliphatic rings. The van der Waals surface area contributed by atoms with Gasteiger partial charge in [-0.1, -0.05) is 0 Å². The summed E-state index contributed by atoms with van der Waals surface area (Å²) in [7, 11) is 1.88. The number of Topliss-reactive ketones (excluding diaryl/α,β-unsaturated/α-hetero) is 1. The third-order valence-electron chi connectivity index (χ3n) is 6.10.